The van der Waals surface area contributed by atoms with E-state index in [0.717, 1.165) is 17.7 Å². The molecule has 0 bridgehead atoms. The standard InChI is InChI=1S/C19H23ClFNO2/c1-13(2)10-22-11-15-8-17(20)19(18(9-15)23-3)24-12-14-4-6-16(21)7-5-14/h4-9,13,22H,10-12H2,1-3H3. The van der Waals surface area contributed by atoms with E-state index in [0.29, 0.717) is 35.6 Å². The van der Waals surface area contributed by atoms with Crippen LogP contribution in [0.4, 0.5) is 4.39 Å². The molecule has 0 aromatic heterocycles. The third-order valence-electron chi connectivity index (χ3n) is 3.47. The van der Waals surface area contributed by atoms with Crippen LogP contribution in [-0.2, 0) is 13.2 Å². The van der Waals surface area contributed by atoms with E-state index >= 15 is 0 Å². The molecule has 0 saturated heterocycles. The van der Waals surface area contributed by atoms with Crippen molar-refractivity contribution in [2.75, 3.05) is 13.7 Å². The zero-order chi connectivity index (χ0) is 17.5. The van der Waals surface area contributed by atoms with E-state index in [1.807, 2.05) is 12.1 Å². The predicted molar refractivity (Wildman–Crippen MR) is 95.3 cm³/mol. The quantitative estimate of drug-likeness (QED) is 0.740. The number of hydrogen-bond acceptors (Lipinski definition) is 3. The molecule has 0 amide bonds. The molecule has 24 heavy (non-hydrogen) atoms. The Morgan fingerprint density at radius 3 is 2.46 bits per heavy atom. The van der Waals surface area contributed by atoms with E-state index in [4.69, 9.17) is 21.1 Å². The van der Waals surface area contributed by atoms with Gasteiger partial charge in [0.05, 0.1) is 12.1 Å². The number of rotatable bonds is 8. The molecule has 130 valence electrons. The van der Waals surface area contributed by atoms with Crippen molar-refractivity contribution in [2.45, 2.75) is 27.0 Å². The second-order valence-electron chi connectivity index (χ2n) is 6.05. The van der Waals surface area contributed by atoms with Gasteiger partial charge >= 0.3 is 0 Å². The summed E-state index contributed by atoms with van der Waals surface area (Å²) in [5.74, 6) is 1.40. The Morgan fingerprint density at radius 2 is 1.83 bits per heavy atom. The van der Waals surface area contributed by atoms with Crippen LogP contribution in [0.15, 0.2) is 36.4 Å². The van der Waals surface area contributed by atoms with Gasteiger partial charge < -0.3 is 14.8 Å². The highest BCUT2D eigenvalue weighted by atomic mass is 35.5. The maximum Gasteiger partial charge on any atom is 0.180 e. The first kappa shape index (κ1) is 18.6. The van der Waals surface area contributed by atoms with Crippen LogP contribution in [0.2, 0.25) is 5.02 Å². The van der Waals surface area contributed by atoms with Crippen LogP contribution in [0.1, 0.15) is 25.0 Å². The lowest BCUT2D eigenvalue weighted by Gasteiger charge is -2.15. The molecular formula is C19H23ClFNO2. The maximum absolute atomic E-state index is 12.9. The molecule has 5 heteroatoms. The highest BCUT2D eigenvalue weighted by molar-refractivity contribution is 6.32. The number of benzene rings is 2. The van der Waals surface area contributed by atoms with Crippen LogP contribution in [0.5, 0.6) is 11.5 Å². The number of halogens is 2. The average molecular weight is 352 g/mol. The molecule has 2 aromatic carbocycles. The Balaban J connectivity index is 2.07. The Morgan fingerprint density at radius 1 is 1.12 bits per heavy atom. The fourth-order valence-corrected chi connectivity index (χ4v) is 2.54. The third kappa shape index (κ3) is 5.39. The number of methoxy groups -OCH3 is 1. The minimum Gasteiger partial charge on any atom is -0.493 e. The molecule has 0 atom stereocenters. The van der Waals surface area contributed by atoms with Crippen LogP contribution in [0, 0.1) is 11.7 Å². The lowest BCUT2D eigenvalue weighted by atomic mass is 10.1. The van der Waals surface area contributed by atoms with Crippen molar-refractivity contribution in [2.24, 2.45) is 5.92 Å². The van der Waals surface area contributed by atoms with Gasteiger partial charge in [0.1, 0.15) is 12.4 Å². The molecule has 0 aliphatic rings. The van der Waals surface area contributed by atoms with Crippen molar-refractivity contribution in [3.63, 3.8) is 0 Å². The van der Waals surface area contributed by atoms with Crippen LogP contribution >= 0.6 is 11.6 Å². The number of nitrogens with one attached hydrogen (secondary N) is 1. The van der Waals surface area contributed by atoms with E-state index in [2.05, 4.69) is 19.2 Å². The van der Waals surface area contributed by atoms with Crippen molar-refractivity contribution in [1.29, 1.82) is 0 Å². The Bertz CT molecular complexity index is 659. The van der Waals surface area contributed by atoms with Gasteiger partial charge in [0.15, 0.2) is 11.5 Å². The third-order valence-corrected chi connectivity index (χ3v) is 3.75. The molecule has 0 aliphatic heterocycles. The first-order valence-corrected chi connectivity index (χ1v) is 8.31. The van der Waals surface area contributed by atoms with Crippen molar-refractivity contribution < 1.29 is 13.9 Å². The van der Waals surface area contributed by atoms with Crippen LogP contribution in [-0.4, -0.2) is 13.7 Å². The van der Waals surface area contributed by atoms with E-state index in [-0.39, 0.29) is 5.82 Å². The molecule has 0 fully saturated rings. The first-order chi connectivity index (χ1) is 11.5. The summed E-state index contributed by atoms with van der Waals surface area (Å²) in [5.41, 5.74) is 1.89. The van der Waals surface area contributed by atoms with Gasteiger partial charge in [-0.05, 0) is 47.9 Å². The average Bonchev–Trinajstić information content (AvgIpc) is 2.54. The Hall–Kier alpha value is -1.78. The monoisotopic (exact) mass is 351 g/mol. The highest BCUT2D eigenvalue weighted by Crippen LogP contribution is 2.37. The summed E-state index contributed by atoms with van der Waals surface area (Å²) in [6, 6.07) is 9.96. The summed E-state index contributed by atoms with van der Waals surface area (Å²) in [6.45, 7) is 6.26. The van der Waals surface area contributed by atoms with Crippen LogP contribution in [0.25, 0.3) is 0 Å². The van der Waals surface area contributed by atoms with Gasteiger partial charge in [-0.15, -0.1) is 0 Å². The molecule has 0 unspecified atom stereocenters. The molecule has 0 radical (unpaired) electrons. The zero-order valence-electron chi connectivity index (χ0n) is 14.2. The summed E-state index contributed by atoms with van der Waals surface area (Å²) in [5, 5.41) is 3.87. The molecule has 3 nitrogen and oxygen atoms in total. The molecule has 0 saturated carbocycles. The fraction of sp³-hybridized carbons (Fsp3) is 0.368. The van der Waals surface area contributed by atoms with Gasteiger partial charge in [0.2, 0.25) is 0 Å². The lowest BCUT2D eigenvalue weighted by Crippen LogP contribution is -2.19. The van der Waals surface area contributed by atoms with Crippen molar-refractivity contribution in [3.05, 3.63) is 58.4 Å². The van der Waals surface area contributed by atoms with Gasteiger partial charge in [0.25, 0.3) is 0 Å². The molecule has 0 heterocycles. The van der Waals surface area contributed by atoms with E-state index in [1.54, 1.807) is 19.2 Å². The van der Waals surface area contributed by atoms with Gasteiger partial charge in [-0.1, -0.05) is 37.6 Å². The normalized spacial score (nSPS) is 10.9. The second kappa shape index (κ2) is 8.90. The van der Waals surface area contributed by atoms with E-state index < -0.39 is 0 Å². The SMILES string of the molecule is COc1cc(CNCC(C)C)cc(Cl)c1OCc1ccc(F)cc1. The molecule has 0 spiro atoms. The minimum absolute atomic E-state index is 0.271. The largest absolute Gasteiger partial charge is 0.493 e. The number of hydrogen-bond donors (Lipinski definition) is 1. The minimum atomic E-state index is -0.271. The molecular weight excluding hydrogens is 329 g/mol. The van der Waals surface area contributed by atoms with E-state index in [9.17, 15) is 4.39 Å². The van der Waals surface area contributed by atoms with Gasteiger partial charge in [-0.25, -0.2) is 4.39 Å². The van der Waals surface area contributed by atoms with Crippen molar-refractivity contribution in [3.8, 4) is 11.5 Å². The van der Waals surface area contributed by atoms with Crippen molar-refractivity contribution in [1.82, 2.24) is 5.32 Å². The fourth-order valence-electron chi connectivity index (χ4n) is 2.26. The van der Waals surface area contributed by atoms with Crippen LogP contribution in [0.3, 0.4) is 0 Å². The smallest absolute Gasteiger partial charge is 0.180 e. The molecule has 2 rings (SSSR count). The summed E-state index contributed by atoms with van der Waals surface area (Å²) in [7, 11) is 1.59. The second-order valence-corrected chi connectivity index (χ2v) is 6.46. The molecule has 1 N–H and O–H groups in total. The molecule has 2 aromatic rings. The Labute approximate surface area is 147 Å². The maximum atomic E-state index is 12.9. The lowest BCUT2D eigenvalue weighted by molar-refractivity contribution is 0.284. The molecule has 0 aliphatic carbocycles. The number of ether oxygens (including phenoxy) is 2. The zero-order valence-corrected chi connectivity index (χ0v) is 15.0. The summed E-state index contributed by atoms with van der Waals surface area (Å²) in [4.78, 5) is 0. The van der Waals surface area contributed by atoms with Crippen LogP contribution < -0.4 is 14.8 Å². The summed E-state index contributed by atoms with van der Waals surface area (Å²) >= 11 is 6.35. The van der Waals surface area contributed by atoms with E-state index in [1.165, 1.54) is 12.1 Å². The first-order valence-electron chi connectivity index (χ1n) is 7.94. The predicted octanol–water partition coefficient (Wildman–Crippen LogP) is 4.81. The van der Waals surface area contributed by atoms with Gasteiger partial charge in [-0.3, -0.25) is 0 Å². The van der Waals surface area contributed by atoms with Gasteiger partial charge in [0, 0.05) is 6.54 Å². The summed E-state index contributed by atoms with van der Waals surface area (Å²) < 4.78 is 24.1. The van der Waals surface area contributed by atoms with Gasteiger partial charge in [-0.2, -0.15) is 0 Å². The topological polar surface area (TPSA) is 30.5 Å². The Kier molecular flexibility index (Phi) is 6.88. The summed E-state index contributed by atoms with van der Waals surface area (Å²) in [6.07, 6.45) is 0. The van der Waals surface area contributed by atoms with Crippen molar-refractivity contribution >= 4 is 11.6 Å². The highest BCUT2D eigenvalue weighted by Gasteiger charge is 2.12.